The minimum Gasteiger partial charge on any atom is -0.381 e. The largest absolute Gasteiger partial charge is 0.381 e. The molecule has 3 aromatic heterocycles. The van der Waals surface area contributed by atoms with E-state index >= 15 is 0 Å². The van der Waals surface area contributed by atoms with Crippen molar-refractivity contribution in [2.45, 2.75) is 44.8 Å². The van der Waals surface area contributed by atoms with Crippen LogP contribution < -0.4 is 10.9 Å². The third-order valence-corrected chi connectivity index (χ3v) is 8.25. The first-order valence-corrected chi connectivity index (χ1v) is 13.4. The number of anilines is 1. The van der Waals surface area contributed by atoms with E-state index in [0.717, 1.165) is 60.2 Å². The minimum absolute atomic E-state index is 0.0971. The quantitative estimate of drug-likeness (QED) is 0.369. The highest BCUT2D eigenvalue weighted by molar-refractivity contribution is 7.09. The molecule has 6 rings (SSSR count). The normalized spacial score (nSPS) is 17.6. The van der Waals surface area contributed by atoms with E-state index in [0.29, 0.717) is 17.9 Å². The van der Waals surface area contributed by atoms with Crippen LogP contribution in [0.15, 0.2) is 46.7 Å². The van der Waals surface area contributed by atoms with Crippen molar-refractivity contribution in [1.29, 1.82) is 0 Å². The molecule has 0 spiro atoms. The number of rotatable bonds is 6. The maximum absolute atomic E-state index is 13.3. The van der Waals surface area contributed by atoms with E-state index in [4.69, 9.17) is 4.98 Å². The molecule has 5 heterocycles. The topological polar surface area (TPSA) is 97.1 Å². The summed E-state index contributed by atoms with van der Waals surface area (Å²) in [5.74, 6) is 0.598. The van der Waals surface area contributed by atoms with Crippen molar-refractivity contribution in [2.75, 3.05) is 25.5 Å². The number of nitrogens with one attached hydrogen (secondary N) is 3. The van der Waals surface area contributed by atoms with Gasteiger partial charge < -0.3 is 25.1 Å². The van der Waals surface area contributed by atoms with Gasteiger partial charge in [0.05, 0.1) is 16.7 Å². The van der Waals surface area contributed by atoms with E-state index in [1.165, 1.54) is 4.88 Å². The van der Waals surface area contributed by atoms with Gasteiger partial charge in [-0.2, -0.15) is 0 Å². The lowest BCUT2D eigenvalue weighted by Gasteiger charge is -2.34. The second kappa shape index (κ2) is 9.22. The Morgan fingerprint density at radius 2 is 2.06 bits per heavy atom. The monoisotopic (exact) mass is 502 g/mol. The molecule has 1 atom stereocenters. The molecule has 0 aliphatic carbocycles. The van der Waals surface area contributed by atoms with E-state index in [-0.39, 0.29) is 23.6 Å². The van der Waals surface area contributed by atoms with Crippen LogP contribution in [0.2, 0.25) is 0 Å². The third kappa shape index (κ3) is 4.22. The standard InChI is InChI=1S/C27H30N6O2S/c1-16(12-19-4-3-11-36-19)29-21-5-8-28-26(34)24(21)25-30-22-13-17-15-33(18-6-9-32(2)10-7-18)27(35)20(17)14-23(22)31-25/h3-5,8,11,13-14,16,18H,6-7,9-10,12,15H2,1-2H3,(H,30,31)(H2,28,29,34). The van der Waals surface area contributed by atoms with Crippen LogP contribution >= 0.6 is 11.3 Å². The number of carbonyl (C=O) groups excluding carboxylic acids is 1. The Kier molecular flexibility index (Phi) is 5.89. The highest BCUT2D eigenvalue weighted by Crippen LogP contribution is 2.32. The number of imidazole rings is 1. The van der Waals surface area contributed by atoms with E-state index < -0.39 is 0 Å². The fraction of sp³-hybridized carbons (Fsp3) is 0.370. The number of pyridine rings is 1. The Labute approximate surface area is 213 Å². The van der Waals surface area contributed by atoms with Crippen LogP contribution in [-0.4, -0.2) is 62.9 Å². The van der Waals surface area contributed by atoms with E-state index in [1.54, 1.807) is 17.5 Å². The molecule has 2 aliphatic rings. The average molecular weight is 503 g/mol. The summed E-state index contributed by atoms with van der Waals surface area (Å²) in [6.45, 7) is 4.77. The van der Waals surface area contributed by atoms with Gasteiger partial charge in [0.25, 0.3) is 11.5 Å². The summed E-state index contributed by atoms with van der Waals surface area (Å²) in [5, 5.41) is 5.57. The number of benzene rings is 1. The molecule has 0 radical (unpaired) electrons. The lowest BCUT2D eigenvalue weighted by Crippen LogP contribution is -2.43. The number of likely N-dealkylation sites (tertiary alicyclic amines) is 1. The fourth-order valence-electron chi connectivity index (χ4n) is 5.44. The van der Waals surface area contributed by atoms with Crippen LogP contribution in [0.1, 0.15) is 40.6 Å². The zero-order valence-corrected chi connectivity index (χ0v) is 21.3. The molecule has 0 saturated carbocycles. The molecule has 186 valence electrons. The smallest absolute Gasteiger partial charge is 0.261 e. The Balaban J connectivity index is 1.28. The lowest BCUT2D eigenvalue weighted by atomic mass is 10.0. The molecule has 1 unspecified atom stereocenters. The van der Waals surface area contributed by atoms with Crippen LogP contribution in [0, 0.1) is 0 Å². The maximum atomic E-state index is 13.3. The van der Waals surface area contributed by atoms with Gasteiger partial charge in [-0.15, -0.1) is 11.3 Å². The van der Waals surface area contributed by atoms with Crippen molar-refractivity contribution >= 4 is 34.0 Å². The van der Waals surface area contributed by atoms with Gasteiger partial charge in [0.15, 0.2) is 0 Å². The summed E-state index contributed by atoms with van der Waals surface area (Å²) in [5.41, 5.74) is 4.28. The number of amides is 1. The number of hydrogen-bond acceptors (Lipinski definition) is 6. The van der Waals surface area contributed by atoms with Crippen LogP contribution in [0.3, 0.4) is 0 Å². The molecule has 9 heteroatoms. The van der Waals surface area contributed by atoms with Crippen LogP contribution in [-0.2, 0) is 13.0 Å². The predicted octanol–water partition coefficient (Wildman–Crippen LogP) is 4.07. The lowest BCUT2D eigenvalue weighted by molar-refractivity contribution is 0.0617. The summed E-state index contributed by atoms with van der Waals surface area (Å²) in [4.78, 5) is 42.7. The average Bonchev–Trinajstić information content (AvgIpc) is 3.58. The van der Waals surface area contributed by atoms with E-state index in [2.05, 4.69) is 51.7 Å². The predicted molar refractivity (Wildman–Crippen MR) is 144 cm³/mol. The number of carbonyl (C=O) groups is 1. The van der Waals surface area contributed by atoms with Crippen molar-refractivity contribution in [2.24, 2.45) is 0 Å². The van der Waals surface area contributed by atoms with Crippen LogP contribution in [0.25, 0.3) is 22.4 Å². The van der Waals surface area contributed by atoms with Crippen molar-refractivity contribution in [3.63, 3.8) is 0 Å². The summed E-state index contributed by atoms with van der Waals surface area (Å²) >= 11 is 1.73. The van der Waals surface area contributed by atoms with E-state index in [1.807, 2.05) is 23.1 Å². The first-order chi connectivity index (χ1) is 17.5. The van der Waals surface area contributed by atoms with Gasteiger partial charge in [0.1, 0.15) is 11.4 Å². The van der Waals surface area contributed by atoms with Gasteiger partial charge in [0, 0.05) is 41.7 Å². The van der Waals surface area contributed by atoms with Crippen LogP contribution in [0.5, 0.6) is 0 Å². The number of thiophene rings is 1. The zero-order chi connectivity index (χ0) is 24.8. The Morgan fingerprint density at radius 3 is 2.83 bits per heavy atom. The fourth-order valence-corrected chi connectivity index (χ4v) is 6.28. The summed E-state index contributed by atoms with van der Waals surface area (Å²) in [7, 11) is 2.13. The van der Waals surface area contributed by atoms with Crippen molar-refractivity contribution < 1.29 is 4.79 Å². The third-order valence-electron chi connectivity index (χ3n) is 7.35. The molecule has 8 nitrogen and oxygen atoms in total. The maximum Gasteiger partial charge on any atom is 0.261 e. The minimum atomic E-state index is -0.209. The molecule has 1 aromatic carbocycles. The first kappa shape index (κ1) is 23.0. The number of fused-ring (bicyclic) bond motifs is 2. The molecule has 1 fully saturated rings. The molecule has 0 bridgehead atoms. The van der Waals surface area contributed by atoms with Gasteiger partial charge in [-0.05, 0) is 75.1 Å². The highest BCUT2D eigenvalue weighted by Gasteiger charge is 2.34. The number of H-pyrrole nitrogens is 2. The second-order valence-corrected chi connectivity index (χ2v) is 11.0. The van der Waals surface area contributed by atoms with Gasteiger partial charge in [0.2, 0.25) is 0 Å². The second-order valence-electron chi connectivity index (χ2n) is 10.0. The molecular weight excluding hydrogens is 472 g/mol. The molecule has 1 amide bonds. The molecular formula is C27H30N6O2S. The van der Waals surface area contributed by atoms with Crippen LogP contribution in [0.4, 0.5) is 5.69 Å². The molecule has 3 N–H and O–H groups in total. The number of piperidine rings is 1. The number of aromatic amines is 2. The van der Waals surface area contributed by atoms with Crippen molar-refractivity contribution in [1.82, 2.24) is 24.8 Å². The number of hydrogen-bond donors (Lipinski definition) is 3. The molecule has 2 aliphatic heterocycles. The molecule has 4 aromatic rings. The Hall–Kier alpha value is -3.43. The molecule has 36 heavy (non-hydrogen) atoms. The van der Waals surface area contributed by atoms with Gasteiger partial charge in [-0.3, -0.25) is 9.59 Å². The SMILES string of the molecule is CC(Cc1cccs1)Nc1cc[nH]c(=O)c1-c1nc2cc3c(cc2[nH]1)C(=O)N(C1CCN(C)CC1)C3. The molecule has 1 saturated heterocycles. The summed E-state index contributed by atoms with van der Waals surface area (Å²) < 4.78 is 0. The van der Waals surface area contributed by atoms with E-state index in [9.17, 15) is 9.59 Å². The number of nitrogens with zero attached hydrogens (tertiary/aromatic N) is 3. The number of aromatic nitrogens is 3. The zero-order valence-electron chi connectivity index (χ0n) is 20.5. The Bertz CT molecular complexity index is 1470. The first-order valence-electron chi connectivity index (χ1n) is 12.5. The summed E-state index contributed by atoms with van der Waals surface area (Å²) in [6, 6.07) is 10.4. The van der Waals surface area contributed by atoms with Gasteiger partial charge >= 0.3 is 0 Å². The van der Waals surface area contributed by atoms with Gasteiger partial charge in [-0.1, -0.05) is 6.07 Å². The van der Waals surface area contributed by atoms with Gasteiger partial charge in [-0.25, -0.2) is 4.98 Å². The van der Waals surface area contributed by atoms with Crippen molar-refractivity contribution in [3.8, 4) is 11.4 Å². The highest BCUT2D eigenvalue weighted by atomic mass is 32.1. The van der Waals surface area contributed by atoms with Crippen molar-refractivity contribution in [3.05, 3.63) is 68.3 Å². The Morgan fingerprint density at radius 1 is 1.22 bits per heavy atom. The summed E-state index contributed by atoms with van der Waals surface area (Å²) in [6.07, 6.45) is 4.54.